The van der Waals surface area contributed by atoms with Crippen molar-refractivity contribution in [2.75, 3.05) is 18.5 Å². The van der Waals surface area contributed by atoms with Crippen molar-refractivity contribution in [3.8, 4) is 27.7 Å². The van der Waals surface area contributed by atoms with Crippen molar-refractivity contribution >= 4 is 40.7 Å². The number of aryl methyl sites for hydroxylation is 3. The number of aliphatic hydroxyl groups excluding tert-OH is 1. The van der Waals surface area contributed by atoms with Crippen LogP contribution in [0.25, 0.3) is 22.0 Å². The predicted octanol–water partition coefficient (Wildman–Crippen LogP) is 7.00. The number of hydrogen-bond donors (Lipinski definition) is 5. The molecule has 1 aliphatic rings. The monoisotopic (exact) mass is 1080 g/mol. The maximum Gasteiger partial charge on any atom is 0.251 e. The molecule has 4 amide bonds. The summed E-state index contributed by atoms with van der Waals surface area (Å²) in [6.45, 7) is 9.98. The highest BCUT2D eigenvalue weighted by molar-refractivity contribution is 7.13. The average Bonchev–Trinajstić information content (AvgIpc) is 4.26. The van der Waals surface area contributed by atoms with Crippen molar-refractivity contribution in [1.82, 2.24) is 65.6 Å². The Hall–Kier alpha value is -7.91. The van der Waals surface area contributed by atoms with E-state index in [9.17, 15) is 24.3 Å². The van der Waals surface area contributed by atoms with Gasteiger partial charge in [0.05, 0.1) is 41.0 Å². The van der Waals surface area contributed by atoms with Gasteiger partial charge in [-0.05, 0) is 91.1 Å². The van der Waals surface area contributed by atoms with Crippen molar-refractivity contribution in [2.45, 2.75) is 130 Å². The lowest BCUT2D eigenvalue weighted by Crippen LogP contribution is -2.57. The molecule has 78 heavy (non-hydrogen) atoms. The average molecular weight is 1080 g/mol. The molecule has 3 atom stereocenters. The lowest BCUT2D eigenvalue weighted by Gasteiger charge is -2.35. The third-order valence-electron chi connectivity index (χ3n) is 13.6. The highest BCUT2D eigenvalue weighted by Crippen LogP contribution is 2.29. The minimum Gasteiger partial charge on any atom is -0.494 e. The number of hydrogen-bond acceptors (Lipinski definition) is 15. The largest absolute Gasteiger partial charge is 0.494 e. The normalized spacial score (nSPS) is 14.7. The van der Waals surface area contributed by atoms with Gasteiger partial charge < -0.3 is 40.6 Å². The summed E-state index contributed by atoms with van der Waals surface area (Å²) in [7, 11) is 1.88. The maximum atomic E-state index is 14.1. The van der Waals surface area contributed by atoms with Gasteiger partial charge in [0.2, 0.25) is 17.7 Å². The van der Waals surface area contributed by atoms with Gasteiger partial charge in [0.15, 0.2) is 11.6 Å². The number of thiazole rings is 1. The van der Waals surface area contributed by atoms with Crippen LogP contribution >= 0.6 is 11.3 Å². The summed E-state index contributed by atoms with van der Waals surface area (Å²) < 4.78 is 9.78. The second-order valence-electron chi connectivity index (χ2n) is 20.7. The SMILES string of the molecule is Cc1ncsc1-c1ccc(CNC(=O)[C@@H]2C[C@@H](O)CN2C(=O)C(NC(=O)CCCc2cn(CCCCCCCOc3cccc(CNC(=O)c4cccc(NCc5nnc(-c6ccncn6)n5C)c4)c3)nn2)C(C)(C)C)cc1. The molecular weight excluding hydrogens is 1010 g/mol. The number of ether oxygens (including phenoxy) is 1. The third kappa shape index (κ3) is 15.6. The zero-order valence-corrected chi connectivity index (χ0v) is 45.8. The second-order valence-corrected chi connectivity index (χ2v) is 21.6. The lowest BCUT2D eigenvalue weighted by atomic mass is 9.85. The van der Waals surface area contributed by atoms with Crippen LogP contribution in [0.2, 0.25) is 0 Å². The number of benzene rings is 3. The van der Waals surface area contributed by atoms with E-state index in [1.165, 1.54) is 11.2 Å². The van der Waals surface area contributed by atoms with Gasteiger partial charge in [-0.2, -0.15) is 0 Å². The first-order valence-electron chi connectivity index (χ1n) is 26.6. The Morgan fingerprint density at radius 1 is 0.859 bits per heavy atom. The molecule has 0 aliphatic carbocycles. The molecule has 8 rings (SSSR count). The van der Waals surface area contributed by atoms with Gasteiger partial charge in [-0.25, -0.2) is 15.0 Å². The van der Waals surface area contributed by atoms with E-state index in [4.69, 9.17) is 4.74 Å². The zero-order valence-electron chi connectivity index (χ0n) is 45.0. The van der Waals surface area contributed by atoms with Gasteiger partial charge in [-0.3, -0.25) is 23.9 Å². The first-order chi connectivity index (χ1) is 37.7. The Bertz CT molecular complexity index is 3100. The standard InChI is InChI=1S/C57H70N14O6S/c1-38-51(78-37-63-38)41-22-20-39(21-23-41)31-61-55(75)48-30-45(72)35-71(48)56(76)52(57(2,3)4)64-50(73)19-13-17-44-34-70(68-65-44)26-9-7-6-8-10-27-77-46-18-11-14-40(28-46)32-60-54(74)42-15-12-16-43(29-42)59-33-49-66-67-53(69(49)5)47-24-25-58-36-62-47/h11-12,14-16,18,20-25,28-29,34,36-37,45,48,52,59,72H,6-10,13,17,19,26-27,30-33,35H2,1-5H3,(H,60,74)(H,61,75)(H,64,73)/t45-,48+,52?/m1/s1. The molecule has 1 fully saturated rings. The molecule has 410 valence electrons. The summed E-state index contributed by atoms with van der Waals surface area (Å²) in [6.07, 6.45) is 10.6. The summed E-state index contributed by atoms with van der Waals surface area (Å²) in [5, 5.41) is 40.1. The van der Waals surface area contributed by atoms with Crippen LogP contribution in [0.4, 0.5) is 5.69 Å². The molecule has 0 bridgehead atoms. The summed E-state index contributed by atoms with van der Waals surface area (Å²) in [4.78, 5) is 69.1. The Labute approximate surface area is 458 Å². The number of aromatic nitrogens is 9. The highest BCUT2D eigenvalue weighted by Gasteiger charge is 2.44. The zero-order chi connectivity index (χ0) is 55.0. The minimum absolute atomic E-state index is 0.00936. The summed E-state index contributed by atoms with van der Waals surface area (Å²) in [5.74, 6) is 0.925. The highest BCUT2D eigenvalue weighted by atomic mass is 32.1. The Morgan fingerprint density at radius 2 is 1.65 bits per heavy atom. The van der Waals surface area contributed by atoms with Crippen LogP contribution < -0.4 is 26.0 Å². The number of β-amino-alcohol motifs (C(OH)–C–C–N with tert-alkyl or cyclic N) is 1. The molecule has 0 radical (unpaired) electrons. The van der Waals surface area contributed by atoms with Crippen LogP contribution in [0.15, 0.2) is 103 Å². The van der Waals surface area contributed by atoms with E-state index in [1.54, 1.807) is 29.7 Å². The van der Waals surface area contributed by atoms with E-state index in [0.29, 0.717) is 49.6 Å². The van der Waals surface area contributed by atoms with E-state index >= 15 is 0 Å². The fourth-order valence-electron chi connectivity index (χ4n) is 9.24. The number of nitrogens with one attached hydrogen (secondary N) is 4. The number of amides is 4. The van der Waals surface area contributed by atoms with Crippen molar-refractivity contribution in [3.05, 3.63) is 137 Å². The molecule has 5 heterocycles. The number of unbranched alkanes of at least 4 members (excludes halogenated alkanes) is 4. The molecule has 3 aromatic carbocycles. The topological polar surface area (TPSA) is 249 Å². The number of carbonyl (C=O) groups excluding carboxylic acids is 4. The summed E-state index contributed by atoms with van der Waals surface area (Å²) >= 11 is 1.58. The molecule has 20 nitrogen and oxygen atoms in total. The maximum absolute atomic E-state index is 14.1. The summed E-state index contributed by atoms with van der Waals surface area (Å²) in [6, 6.07) is 23.0. The van der Waals surface area contributed by atoms with Crippen LogP contribution in [-0.4, -0.2) is 110 Å². The Morgan fingerprint density at radius 3 is 2.44 bits per heavy atom. The molecule has 1 unspecified atom stereocenters. The van der Waals surface area contributed by atoms with Crippen LogP contribution in [-0.2, 0) is 54.0 Å². The number of anilines is 1. The third-order valence-corrected chi connectivity index (χ3v) is 14.6. The Kier molecular flexibility index (Phi) is 19.4. The quantitative estimate of drug-likeness (QED) is 0.0343. The van der Waals surface area contributed by atoms with E-state index in [0.717, 1.165) is 88.9 Å². The van der Waals surface area contributed by atoms with E-state index in [1.807, 2.05) is 122 Å². The van der Waals surface area contributed by atoms with Crippen LogP contribution in [0.5, 0.6) is 5.75 Å². The first kappa shape index (κ1) is 56.3. The van der Waals surface area contributed by atoms with Crippen LogP contribution in [0.1, 0.15) is 111 Å². The van der Waals surface area contributed by atoms with Crippen LogP contribution in [0, 0.1) is 12.3 Å². The minimum atomic E-state index is -0.900. The molecule has 1 aliphatic heterocycles. The van der Waals surface area contributed by atoms with Gasteiger partial charge in [0, 0.05) is 69.7 Å². The van der Waals surface area contributed by atoms with Crippen molar-refractivity contribution in [2.24, 2.45) is 12.5 Å². The first-order valence-corrected chi connectivity index (χ1v) is 27.5. The molecule has 21 heteroatoms. The Balaban J connectivity index is 0.682. The van der Waals surface area contributed by atoms with Crippen molar-refractivity contribution in [3.63, 3.8) is 0 Å². The fraction of sp³-hybridized carbons (Fsp3) is 0.421. The smallest absolute Gasteiger partial charge is 0.251 e. The van der Waals surface area contributed by atoms with Crippen molar-refractivity contribution in [1.29, 1.82) is 0 Å². The molecule has 4 aromatic heterocycles. The van der Waals surface area contributed by atoms with E-state index in [2.05, 4.69) is 56.7 Å². The number of aliphatic hydroxyl groups is 1. The number of rotatable bonds is 26. The van der Waals surface area contributed by atoms with Crippen molar-refractivity contribution < 1.29 is 29.0 Å². The second kappa shape index (κ2) is 26.9. The van der Waals surface area contributed by atoms with Gasteiger partial charge in [0.1, 0.15) is 29.9 Å². The van der Waals surface area contributed by atoms with E-state index in [-0.39, 0.29) is 43.7 Å². The lowest BCUT2D eigenvalue weighted by molar-refractivity contribution is -0.144. The molecule has 5 N–H and O–H groups in total. The number of likely N-dealkylation sites (tertiary alicyclic amines) is 1. The van der Waals surface area contributed by atoms with Gasteiger partial charge in [-0.15, -0.1) is 26.6 Å². The van der Waals surface area contributed by atoms with Gasteiger partial charge in [-0.1, -0.05) is 87.7 Å². The van der Waals surface area contributed by atoms with Gasteiger partial charge >= 0.3 is 0 Å². The molecular formula is C57H70N14O6S. The van der Waals surface area contributed by atoms with Gasteiger partial charge in [0.25, 0.3) is 5.91 Å². The molecule has 1 saturated heterocycles. The predicted molar refractivity (Wildman–Crippen MR) is 297 cm³/mol. The van der Waals surface area contributed by atoms with Crippen LogP contribution in [0.3, 0.4) is 0 Å². The van der Waals surface area contributed by atoms with E-state index < -0.39 is 29.5 Å². The summed E-state index contributed by atoms with van der Waals surface area (Å²) in [5.41, 5.74) is 7.83. The number of nitrogens with zero attached hydrogens (tertiary/aromatic N) is 10. The number of carbonyl (C=O) groups is 4. The fourth-order valence-corrected chi connectivity index (χ4v) is 10.1. The molecule has 0 saturated carbocycles. The molecule has 0 spiro atoms. The molecule has 7 aromatic rings.